The second kappa shape index (κ2) is 6.14. The van der Waals surface area contributed by atoms with Gasteiger partial charge < -0.3 is 10.4 Å². The molecule has 0 aliphatic heterocycles. The molecular formula is C15H13F2NO2. The summed E-state index contributed by atoms with van der Waals surface area (Å²) in [6, 6.07) is 10.5. The van der Waals surface area contributed by atoms with Crippen LogP contribution in [0.15, 0.2) is 42.5 Å². The third-order valence-electron chi connectivity index (χ3n) is 2.90. The number of carbonyl (C=O) groups is 1. The fourth-order valence-electron chi connectivity index (χ4n) is 1.88. The molecule has 3 nitrogen and oxygen atoms in total. The van der Waals surface area contributed by atoms with Gasteiger partial charge in [0.25, 0.3) is 0 Å². The Hall–Kier alpha value is -2.43. The van der Waals surface area contributed by atoms with Crippen LogP contribution in [-0.4, -0.2) is 17.7 Å². The zero-order valence-electron chi connectivity index (χ0n) is 10.6. The lowest BCUT2D eigenvalue weighted by atomic mass is 10.0. The molecule has 0 aromatic heterocycles. The van der Waals surface area contributed by atoms with E-state index < -0.39 is 11.9 Å². The molecule has 0 spiro atoms. The summed E-state index contributed by atoms with van der Waals surface area (Å²) in [6.45, 7) is 0.155. The van der Waals surface area contributed by atoms with E-state index in [0.29, 0.717) is 11.1 Å². The molecule has 0 aliphatic rings. The number of carboxylic acid groups (broad SMARTS) is 1. The fraction of sp³-hybridized carbons (Fsp3) is 0.133. The topological polar surface area (TPSA) is 49.3 Å². The molecule has 0 saturated carbocycles. The van der Waals surface area contributed by atoms with Crippen molar-refractivity contribution in [2.24, 2.45) is 0 Å². The summed E-state index contributed by atoms with van der Waals surface area (Å²) in [6.07, 6.45) is -0.852. The predicted octanol–water partition coefficient (Wildman–Crippen LogP) is 3.44. The van der Waals surface area contributed by atoms with Crippen molar-refractivity contribution >= 4 is 6.09 Å². The van der Waals surface area contributed by atoms with Crippen LogP contribution < -0.4 is 5.32 Å². The van der Waals surface area contributed by atoms with Gasteiger partial charge in [0.1, 0.15) is 11.6 Å². The van der Waals surface area contributed by atoms with Crippen LogP contribution in [0, 0.1) is 11.6 Å². The first-order valence-corrected chi connectivity index (χ1v) is 6.07. The van der Waals surface area contributed by atoms with Crippen molar-refractivity contribution < 1.29 is 18.7 Å². The quantitative estimate of drug-likeness (QED) is 0.899. The first-order chi connectivity index (χ1) is 9.56. The predicted molar refractivity (Wildman–Crippen MR) is 71.5 cm³/mol. The SMILES string of the molecule is O=C(O)NCCc1ccc(-c2ccc(F)cc2)cc1F. The molecule has 5 heteroatoms. The van der Waals surface area contributed by atoms with Crippen molar-refractivity contribution in [3.05, 3.63) is 59.7 Å². The number of halogens is 2. The van der Waals surface area contributed by atoms with Crippen LogP contribution in [0.5, 0.6) is 0 Å². The molecule has 0 atom stereocenters. The number of hydrogen-bond donors (Lipinski definition) is 2. The minimum atomic E-state index is -1.13. The summed E-state index contributed by atoms with van der Waals surface area (Å²) in [5.74, 6) is -0.746. The Morgan fingerprint density at radius 3 is 2.30 bits per heavy atom. The van der Waals surface area contributed by atoms with E-state index in [2.05, 4.69) is 5.32 Å². The average Bonchev–Trinajstić information content (AvgIpc) is 2.41. The molecule has 0 saturated heterocycles. The Morgan fingerprint density at radius 2 is 1.70 bits per heavy atom. The maximum atomic E-state index is 13.9. The second-order valence-corrected chi connectivity index (χ2v) is 4.30. The minimum Gasteiger partial charge on any atom is -0.465 e. The molecule has 2 N–H and O–H groups in total. The van der Waals surface area contributed by atoms with Crippen molar-refractivity contribution in [2.75, 3.05) is 6.54 Å². The smallest absolute Gasteiger partial charge is 0.404 e. The Bertz CT molecular complexity index is 612. The molecule has 2 rings (SSSR count). The molecule has 2 aromatic rings. The summed E-state index contributed by atoms with van der Waals surface area (Å²) in [5.41, 5.74) is 1.81. The van der Waals surface area contributed by atoms with Crippen LogP contribution in [0.3, 0.4) is 0 Å². The van der Waals surface area contributed by atoms with Gasteiger partial charge in [0.05, 0.1) is 0 Å². The van der Waals surface area contributed by atoms with E-state index in [1.807, 2.05) is 0 Å². The lowest BCUT2D eigenvalue weighted by Gasteiger charge is -2.07. The van der Waals surface area contributed by atoms with Gasteiger partial charge in [0.15, 0.2) is 0 Å². The van der Waals surface area contributed by atoms with E-state index in [0.717, 1.165) is 5.56 Å². The van der Waals surface area contributed by atoms with Crippen molar-refractivity contribution in [1.29, 1.82) is 0 Å². The van der Waals surface area contributed by atoms with Gasteiger partial charge in [-0.05, 0) is 41.3 Å². The lowest BCUT2D eigenvalue weighted by molar-refractivity contribution is 0.194. The van der Waals surface area contributed by atoms with Crippen molar-refractivity contribution in [1.82, 2.24) is 5.32 Å². The molecule has 1 amide bonds. The highest BCUT2D eigenvalue weighted by atomic mass is 19.1. The monoisotopic (exact) mass is 277 g/mol. The molecule has 0 bridgehead atoms. The van der Waals surface area contributed by atoms with Crippen LogP contribution in [0.1, 0.15) is 5.56 Å². The Labute approximate surface area is 114 Å². The molecule has 0 fully saturated rings. The second-order valence-electron chi connectivity index (χ2n) is 4.30. The van der Waals surface area contributed by atoms with Gasteiger partial charge in [0.2, 0.25) is 0 Å². The van der Waals surface area contributed by atoms with Gasteiger partial charge in [-0.3, -0.25) is 0 Å². The van der Waals surface area contributed by atoms with E-state index in [1.54, 1.807) is 24.3 Å². The summed E-state index contributed by atoms with van der Waals surface area (Å²) in [7, 11) is 0. The largest absolute Gasteiger partial charge is 0.465 e. The normalized spacial score (nSPS) is 10.3. The van der Waals surface area contributed by atoms with Crippen LogP contribution in [0.2, 0.25) is 0 Å². The fourth-order valence-corrected chi connectivity index (χ4v) is 1.88. The minimum absolute atomic E-state index is 0.155. The van der Waals surface area contributed by atoms with Crippen LogP contribution in [0.25, 0.3) is 11.1 Å². The number of benzene rings is 2. The van der Waals surface area contributed by atoms with Crippen molar-refractivity contribution in [3.63, 3.8) is 0 Å². The molecule has 0 heterocycles. The van der Waals surface area contributed by atoms with E-state index in [9.17, 15) is 13.6 Å². The maximum absolute atomic E-state index is 13.9. The number of nitrogens with one attached hydrogen (secondary N) is 1. The van der Waals surface area contributed by atoms with E-state index in [1.165, 1.54) is 18.2 Å². The summed E-state index contributed by atoms with van der Waals surface area (Å²) in [4.78, 5) is 10.3. The van der Waals surface area contributed by atoms with Crippen LogP contribution in [0.4, 0.5) is 13.6 Å². The molecule has 2 aromatic carbocycles. The molecule has 104 valence electrons. The van der Waals surface area contributed by atoms with Gasteiger partial charge in [-0.2, -0.15) is 0 Å². The third-order valence-corrected chi connectivity index (χ3v) is 2.90. The van der Waals surface area contributed by atoms with Crippen LogP contribution >= 0.6 is 0 Å². The van der Waals surface area contributed by atoms with Crippen LogP contribution in [-0.2, 0) is 6.42 Å². The van der Waals surface area contributed by atoms with E-state index in [-0.39, 0.29) is 18.8 Å². The molecule has 0 aliphatic carbocycles. The van der Waals surface area contributed by atoms with Gasteiger partial charge in [-0.1, -0.05) is 24.3 Å². The van der Waals surface area contributed by atoms with Gasteiger partial charge in [0, 0.05) is 6.54 Å². The van der Waals surface area contributed by atoms with Crippen molar-refractivity contribution in [3.8, 4) is 11.1 Å². The first kappa shape index (κ1) is 14.0. The standard InChI is InChI=1S/C15H13F2NO2/c16-13-5-3-10(4-6-13)12-2-1-11(14(17)9-12)7-8-18-15(19)20/h1-6,9,18H,7-8H2,(H,19,20). The Balaban J connectivity index is 2.13. The Kier molecular flexibility index (Phi) is 4.30. The van der Waals surface area contributed by atoms with E-state index >= 15 is 0 Å². The molecule has 0 radical (unpaired) electrons. The molecular weight excluding hydrogens is 264 g/mol. The number of rotatable bonds is 4. The zero-order chi connectivity index (χ0) is 14.5. The zero-order valence-corrected chi connectivity index (χ0v) is 10.6. The average molecular weight is 277 g/mol. The number of hydrogen-bond acceptors (Lipinski definition) is 1. The van der Waals surface area contributed by atoms with E-state index in [4.69, 9.17) is 5.11 Å². The maximum Gasteiger partial charge on any atom is 0.404 e. The lowest BCUT2D eigenvalue weighted by Crippen LogP contribution is -2.23. The van der Waals surface area contributed by atoms with Gasteiger partial charge >= 0.3 is 6.09 Å². The summed E-state index contributed by atoms with van der Waals surface area (Å²) >= 11 is 0. The molecule has 20 heavy (non-hydrogen) atoms. The number of amides is 1. The van der Waals surface area contributed by atoms with Gasteiger partial charge in [-0.15, -0.1) is 0 Å². The summed E-state index contributed by atoms with van der Waals surface area (Å²) in [5, 5.41) is 10.6. The van der Waals surface area contributed by atoms with Gasteiger partial charge in [-0.25, -0.2) is 13.6 Å². The molecule has 0 unspecified atom stereocenters. The first-order valence-electron chi connectivity index (χ1n) is 6.07. The summed E-state index contributed by atoms with van der Waals surface area (Å²) < 4.78 is 26.7. The Morgan fingerprint density at radius 1 is 1.05 bits per heavy atom. The highest BCUT2D eigenvalue weighted by molar-refractivity contribution is 5.65. The van der Waals surface area contributed by atoms with Crippen molar-refractivity contribution in [2.45, 2.75) is 6.42 Å². The highest BCUT2D eigenvalue weighted by Crippen LogP contribution is 2.22. The third kappa shape index (κ3) is 3.54. The highest BCUT2D eigenvalue weighted by Gasteiger charge is 2.06.